The largest absolute Gasteiger partial charge is 0.0616 e. The zero-order chi connectivity index (χ0) is 73.1. The predicted molar refractivity (Wildman–Crippen MR) is 473 cm³/mol. The molecule has 0 heteroatoms. The molecular formula is C110H74. The van der Waals surface area contributed by atoms with Gasteiger partial charge in [-0.2, -0.15) is 0 Å². The van der Waals surface area contributed by atoms with Gasteiger partial charge in [0.2, 0.25) is 0 Å². The van der Waals surface area contributed by atoms with Gasteiger partial charge in [0, 0.05) is 10.8 Å². The minimum atomic E-state index is -0.126. The molecule has 2 aliphatic carbocycles. The van der Waals surface area contributed by atoms with Crippen LogP contribution in [0.1, 0.15) is 49.9 Å². The van der Waals surface area contributed by atoms with E-state index in [1.807, 2.05) is 0 Å². The molecule has 21 aromatic rings. The molecule has 0 spiro atoms. The van der Waals surface area contributed by atoms with E-state index in [0.29, 0.717) is 0 Å². The molecule has 0 aromatic heterocycles. The standard InChI is InChI=1S/C59H40.C51H34/c1-59(2)54-34-33-41(36-53(54)57-47-21-9-6-18-44(47)45-19-7-14-26-52(45)58(57)59)38-27-30-39(31-28-38)55-48-22-10-12-24-50(48)56(51-25-13-11-23-49(51)55)46-20-8-5-17-43(46)42-32-29-37-15-3-4-16-40(37)35-42;1-51(2)46-29-27-32(30-45(46)49-39-18-7-5-16-35(39)36-17-6-12-23-44(36)50(49)51)47-40-19-8-10-21-42(40)48(43-22-11-9-20-41(43)47)38-25-13-24-34-33-15-4-3-14-31(33)26-28-37(34)38/h3-36H,1-2H3;3-30H,1-2H3. The number of benzene rings is 21. The average Bonchev–Trinajstić information content (AvgIpc) is 1.50. The van der Waals surface area contributed by atoms with Gasteiger partial charge in [-0.3, -0.25) is 0 Å². The van der Waals surface area contributed by atoms with E-state index in [4.69, 9.17) is 0 Å². The van der Waals surface area contributed by atoms with Gasteiger partial charge in [0.25, 0.3) is 0 Å². The third kappa shape index (κ3) is 9.46. The Morgan fingerprint density at radius 1 is 0.145 bits per heavy atom. The molecule has 0 heterocycles. The maximum atomic E-state index is 2.50. The average molecular weight is 1400 g/mol. The van der Waals surface area contributed by atoms with Crippen molar-refractivity contribution in [2.75, 3.05) is 0 Å². The zero-order valence-electron chi connectivity index (χ0n) is 61.8. The lowest BCUT2D eigenvalue weighted by Gasteiger charge is -2.24. The highest BCUT2D eigenvalue weighted by Crippen LogP contribution is 2.59. The normalized spacial score (nSPS) is 13.2. The SMILES string of the molecule is CC1(C)c2ccc(-c3c4ccccc4c(-c4cccc5c4ccc4ccccc45)c4ccccc34)cc2-c2c1c1ccccc1c1ccccc21.CC1(C)c2ccc(-c3ccc(-c4c5ccccc5c(-c5ccccc5-c5ccc6ccccc6c5)c5ccccc45)cc3)cc2-c2c1c1ccccc1c1ccccc21. The van der Waals surface area contributed by atoms with Gasteiger partial charge in [-0.1, -0.05) is 386 Å². The molecule has 23 rings (SSSR count). The van der Waals surface area contributed by atoms with Gasteiger partial charge in [-0.05, 0) is 248 Å². The second-order valence-electron chi connectivity index (χ2n) is 31.5. The van der Waals surface area contributed by atoms with Crippen LogP contribution in [0, 0.1) is 0 Å². The fraction of sp³-hybridized carbons (Fsp3) is 0.0545. The van der Waals surface area contributed by atoms with E-state index in [9.17, 15) is 0 Å². The maximum absolute atomic E-state index is 2.50. The fourth-order valence-corrected chi connectivity index (χ4v) is 20.2. The van der Waals surface area contributed by atoms with Crippen LogP contribution in [0.2, 0.25) is 0 Å². The van der Waals surface area contributed by atoms with Crippen LogP contribution in [0.25, 0.3) is 208 Å². The molecule has 0 radical (unpaired) electrons. The lowest BCUT2D eigenvalue weighted by atomic mass is 9.79. The van der Waals surface area contributed by atoms with Crippen molar-refractivity contribution in [2.45, 2.75) is 38.5 Å². The summed E-state index contributed by atoms with van der Waals surface area (Å²) < 4.78 is 0. The molecule has 0 aliphatic heterocycles. The first kappa shape index (κ1) is 63.7. The van der Waals surface area contributed by atoms with Crippen LogP contribution in [0.5, 0.6) is 0 Å². The fourth-order valence-electron chi connectivity index (χ4n) is 20.2. The van der Waals surface area contributed by atoms with Crippen molar-refractivity contribution in [2.24, 2.45) is 0 Å². The summed E-state index contributed by atoms with van der Waals surface area (Å²) in [5, 5.41) is 28.5. The topological polar surface area (TPSA) is 0 Å². The van der Waals surface area contributed by atoms with Gasteiger partial charge < -0.3 is 0 Å². The third-order valence-electron chi connectivity index (χ3n) is 25.0. The van der Waals surface area contributed by atoms with E-state index in [1.165, 1.54) is 230 Å². The number of hydrogen-bond donors (Lipinski definition) is 0. The summed E-state index contributed by atoms with van der Waals surface area (Å²) in [6, 6.07) is 140. The molecular weight excluding hydrogens is 1320 g/mol. The molecule has 0 fully saturated rings. The van der Waals surface area contributed by atoms with Crippen molar-refractivity contribution in [1.82, 2.24) is 0 Å². The molecule has 0 bridgehead atoms. The van der Waals surface area contributed by atoms with Crippen LogP contribution in [-0.4, -0.2) is 0 Å². The van der Waals surface area contributed by atoms with Gasteiger partial charge in [0.05, 0.1) is 0 Å². The second-order valence-corrected chi connectivity index (χ2v) is 31.5. The quantitative estimate of drug-likeness (QED) is 0.115. The van der Waals surface area contributed by atoms with Crippen LogP contribution in [0.4, 0.5) is 0 Å². The van der Waals surface area contributed by atoms with Crippen LogP contribution in [-0.2, 0) is 10.8 Å². The summed E-state index contributed by atoms with van der Waals surface area (Å²) in [6.07, 6.45) is 0. The van der Waals surface area contributed by atoms with Crippen LogP contribution < -0.4 is 0 Å². The molecule has 0 unspecified atom stereocenters. The first-order valence-electron chi connectivity index (χ1n) is 38.8. The molecule has 0 saturated heterocycles. The Morgan fingerprint density at radius 2 is 0.455 bits per heavy atom. The van der Waals surface area contributed by atoms with Gasteiger partial charge in [-0.25, -0.2) is 0 Å². The van der Waals surface area contributed by atoms with Crippen molar-refractivity contribution in [3.05, 3.63) is 398 Å². The summed E-state index contributed by atoms with van der Waals surface area (Å²) >= 11 is 0. The second kappa shape index (κ2) is 24.5. The molecule has 110 heavy (non-hydrogen) atoms. The zero-order valence-corrected chi connectivity index (χ0v) is 61.8. The lowest BCUT2D eigenvalue weighted by molar-refractivity contribution is 0.666. The van der Waals surface area contributed by atoms with Gasteiger partial charge >= 0.3 is 0 Å². The predicted octanol–water partition coefficient (Wildman–Crippen LogP) is 30.7. The number of hydrogen-bond acceptors (Lipinski definition) is 0. The molecule has 0 N–H and O–H groups in total. The van der Waals surface area contributed by atoms with E-state index >= 15 is 0 Å². The summed E-state index contributed by atoms with van der Waals surface area (Å²) in [6.45, 7) is 9.61. The minimum absolute atomic E-state index is 0.110. The molecule has 21 aromatic carbocycles. The minimum Gasteiger partial charge on any atom is -0.0616 e. The Labute approximate surface area is 640 Å². The van der Waals surface area contributed by atoms with Gasteiger partial charge in [0.15, 0.2) is 0 Å². The summed E-state index contributed by atoms with van der Waals surface area (Å²) in [7, 11) is 0. The Hall–Kier alpha value is -13.5. The van der Waals surface area contributed by atoms with Crippen molar-refractivity contribution in [3.63, 3.8) is 0 Å². The molecule has 0 nitrogen and oxygen atoms in total. The highest BCUT2D eigenvalue weighted by molar-refractivity contribution is 6.27. The maximum Gasteiger partial charge on any atom is 0.0165 e. The van der Waals surface area contributed by atoms with Crippen molar-refractivity contribution in [1.29, 1.82) is 0 Å². The van der Waals surface area contributed by atoms with Crippen LogP contribution in [0.15, 0.2) is 376 Å². The van der Waals surface area contributed by atoms with Crippen LogP contribution in [0.3, 0.4) is 0 Å². The smallest absolute Gasteiger partial charge is 0.0165 e. The van der Waals surface area contributed by atoms with E-state index in [1.54, 1.807) is 0 Å². The molecule has 2 aliphatic rings. The van der Waals surface area contributed by atoms with Crippen molar-refractivity contribution in [3.8, 4) is 89.0 Å². The monoisotopic (exact) mass is 1390 g/mol. The van der Waals surface area contributed by atoms with E-state index in [2.05, 4.69) is 404 Å². The van der Waals surface area contributed by atoms with Gasteiger partial charge in [0.1, 0.15) is 0 Å². The van der Waals surface area contributed by atoms with Crippen molar-refractivity contribution >= 4 is 118 Å². The molecule has 0 amide bonds. The Bertz CT molecular complexity index is 7390. The molecule has 0 atom stereocenters. The summed E-state index contributed by atoms with van der Waals surface area (Å²) in [5.41, 5.74) is 26.0. The number of fused-ring (bicyclic) bond motifs is 24. The van der Waals surface area contributed by atoms with E-state index < -0.39 is 0 Å². The van der Waals surface area contributed by atoms with Crippen LogP contribution >= 0.6 is 0 Å². The van der Waals surface area contributed by atoms with E-state index in [0.717, 1.165) is 0 Å². The molecule has 0 saturated carbocycles. The lowest BCUT2D eigenvalue weighted by Crippen LogP contribution is -2.15. The third-order valence-corrected chi connectivity index (χ3v) is 25.0. The highest BCUT2D eigenvalue weighted by Gasteiger charge is 2.41. The van der Waals surface area contributed by atoms with E-state index in [-0.39, 0.29) is 10.8 Å². The van der Waals surface area contributed by atoms with Gasteiger partial charge in [-0.15, -0.1) is 0 Å². The first-order chi connectivity index (χ1) is 54.1. The first-order valence-corrected chi connectivity index (χ1v) is 38.8. The molecule has 514 valence electrons. The van der Waals surface area contributed by atoms with Crippen molar-refractivity contribution < 1.29 is 0 Å². The Morgan fingerprint density at radius 3 is 0.964 bits per heavy atom. The highest BCUT2D eigenvalue weighted by atomic mass is 14.4. The number of rotatable bonds is 6. The summed E-state index contributed by atoms with van der Waals surface area (Å²) in [5.74, 6) is 0. The Balaban J connectivity index is 0.000000137. The summed E-state index contributed by atoms with van der Waals surface area (Å²) in [4.78, 5) is 0. The Kier molecular flexibility index (Phi) is 14.2.